The molecule has 0 unspecified atom stereocenters. The Bertz CT molecular complexity index is 843. The lowest BCUT2D eigenvalue weighted by atomic mass is 10.3. The van der Waals surface area contributed by atoms with E-state index >= 15 is 0 Å². The largest absolute Gasteiger partial charge is 0.497 e. The summed E-state index contributed by atoms with van der Waals surface area (Å²) in [5, 5.41) is 0. The van der Waals surface area contributed by atoms with Crippen LogP contribution in [0.1, 0.15) is 6.42 Å². The second-order valence-electron chi connectivity index (χ2n) is 5.37. The van der Waals surface area contributed by atoms with Crippen LogP contribution in [0, 0.1) is 0 Å². The smallest absolute Gasteiger partial charge is 0.262 e. The predicted molar refractivity (Wildman–Crippen MR) is 92.4 cm³/mol. The van der Waals surface area contributed by atoms with Gasteiger partial charge in [0.1, 0.15) is 11.5 Å². The molecule has 1 aliphatic heterocycles. The van der Waals surface area contributed by atoms with Crippen LogP contribution in [-0.4, -0.2) is 35.9 Å². The number of hydrogen-bond donors (Lipinski definition) is 1. The van der Waals surface area contributed by atoms with Gasteiger partial charge in [-0.2, -0.15) is 0 Å². The lowest BCUT2D eigenvalue weighted by molar-refractivity contribution is 0.297. The fourth-order valence-corrected chi connectivity index (χ4v) is 3.45. The number of fused-ring (bicyclic) bond motifs is 1. The molecule has 0 amide bonds. The van der Waals surface area contributed by atoms with E-state index in [-0.39, 0.29) is 4.90 Å². The Kier molecular flexibility index (Phi) is 4.89. The Balaban J connectivity index is 1.91. The SMILES string of the molecule is COc1cc(NS(=O)(=O)c2ccc3c(c2)OCCCO3)cc(OC)c1. The van der Waals surface area contributed by atoms with Gasteiger partial charge in [-0.1, -0.05) is 0 Å². The highest BCUT2D eigenvalue weighted by atomic mass is 32.2. The molecule has 3 rings (SSSR count). The predicted octanol–water partition coefficient (Wildman–Crippen LogP) is 2.67. The minimum atomic E-state index is -3.81. The van der Waals surface area contributed by atoms with Crippen molar-refractivity contribution >= 4 is 15.7 Å². The highest BCUT2D eigenvalue weighted by Gasteiger charge is 2.19. The second-order valence-corrected chi connectivity index (χ2v) is 7.05. The molecule has 1 N–H and O–H groups in total. The van der Waals surface area contributed by atoms with Crippen molar-refractivity contribution in [1.82, 2.24) is 0 Å². The van der Waals surface area contributed by atoms with Crippen LogP contribution in [-0.2, 0) is 10.0 Å². The van der Waals surface area contributed by atoms with E-state index in [0.717, 1.165) is 6.42 Å². The van der Waals surface area contributed by atoms with E-state index in [1.807, 2.05) is 0 Å². The average Bonchev–Trinajstić information content (AvgIpc) is 2.85. The summed E-state index contributed by atoms with van der Waals surface area (Å²) < 4.78 is 49.3. The molecule has 0 aromatic heterocycles. The number of benzene rings is 2. The monoisotopic (exact) mass is 365 g/mol. The van der Waals surface area contributed by atoms with E-state index in [1.165, 1.54) is 26.4 Å². The Morgan fingerprint density at radius 2 is 1.56 bits per heavy atom. The molecule has 0 atom stereocenters. The van der Waals surface area contributed by atoms with Gasteiger partial charge in [0.15, 0.2) is 11.5 Å². The van der Waals surface area contributed by atoms with Crippen LogP contribution >= 0.6 is 0 Å². The molecule has 0 fully saturated rings. The van der Waals surface area contributed by atoms with Crippen molar-refractivity contribution in [3.05, 3.63) is 36.4 Å². The van der Waals surface area contributed by atoms with Crippen LogP contribution in [0.15, 0.2) is 41.3 Å². The van der Waals surface area contributed by atoms with Crippen LogP contribution in [0.4, 0.5) is 5.69 Å². The van der Waals surface area contributed by atoms with E-state index in [9.17, 15) is 8.42 Å². The summed E-state index contributed by atoms with van der Waals surface area (Å²) in [6.07, 6.45) is 0.749. The molecule has 0 aliphatic carbocycles. The molecule has 134 valence electrons. The van der Waals surface area contributed by atoms with Gasteiger partial charge in [0.2, 0.25) is 0 Å². The van der Waals surface area contributed by atoms with Crippen molar-refractivity contribution < 1.29 is 27.4 Å². The highest BCUT2D eigenvalue weighted by molar-refractivity contribution is 7.92. The number of sulfonamides is 1. The van der Waals surface area contributed by atoms with Crippen LogP contribution < -0.4 is 23.7 Å². The van der Waals surface area contributed by atoms with Crippen molar-refractivity contribution in [2.45, 2.75) is 11.3 Å². The number of methoxy groups -OCH3 is 2. The van der Waals surface area contributed by atoms with Crippen LogP contribution in [0.25, 0.3) is 0 Å². The standard InChI is InChI=1S/C17H19NO6S/c1-21-13-8-12(9-14(10-13)22-2)18-25(19,20)15-4-5-16-17(11-15)24-7-3-6-23-16/h4-5,8-11,18H,3,6-7H2,1-2H3. The topological polar surface area (TPSA) is 83.1 Å². The molecule has 0 saturated carbocycles. The quantitative estimate of drug-likeness (QED) is 0.877. The van der Waals surface area contributed by atoms with Crippen molar-refractivity contribution in [2.24, 2.45) is 0 Å². The molecule has 7 nitrogen and oxygen atoms in total. The minimum absolute atomic E-state index is 0.0820. The highest BCUT2D eigenvalue weighted by Crippen LogP contribution is 2.33. The van der Waals surface area contributed by atoms with Gasteiger partial charge in [0.05, 0.1) is 38.0 Å². The summed E-state index contributed by atoms with van der Waals surface area (Å²) in [6.45, 7) is 1.03. The summed E-state index contributed by atoms with van der Waals surface area (Å²) in [5.74, 6) is 1.93. The fraction of sp³-hybridized carbons (Fsp3) is 0.294. The zero-order valence-corrected chi connectivity index (χ0v) is 14.8. The maximum atomic E-state index is 12.7. The summed E-state index contributed by atoms with van der Waals surface area (Å²) >= 11 is 0. The third-order valence-corrected chi connectivity index (χ3v) is 5.01. The molecule has 8 heteroatoms. The number of hydrogen-bond acceptors (Lipinski definition) is 6. The zero-order chi connectivity index (χ0) is 17.9. The molecule has 1 aliphatic rings. The zero-order valence-electron chi connectivity index (χ0n) is 13.9. The van der Waals surface area contributed by atoms with E-state index in [0.29, 0.717) is 41.9 Å². The van der Waals surface area contributed by atoms with Gasteiger partial charge in [-0.15, -0.1) is 0 Å². The van der Waals surface area contributed by atoms with Gasteiger partial charge in [-0.25, -0.2) is 8.42 Å². The van der Waals surface area contributed by atoms with Gasteiger partial charge in [-0.05, 0) is 12.1 Å². The molecular weight excluding hydrogens is 346 g/mol. The molecule has 0 saturated heterocycles. The normalized spacial score (nSPS) is 13.7. The van der Waals surface area contributed by atoms with Gasteiger partial charge >= 0.3 is 0 Å². The summed E-state index contributed by atoms with van der Waals surface area (Å²) in [6, 6.07) is 9.34. The molecule has 2 aromatic carbocycles. The minimum Gasteiger partial charge on any atom is -0.497 e. The lowest BCUT2D eigenvalue weighted by Gasteiger charge is -2.13. The van der Waals surface area contributed by atoms with Crippen LogP contribution in [0.5, 0.6) is 23.0 Å². The summed E-state index contributed by atoms with van der Waals surface area (Å²) in [4.78, 5) is 0.0820. The van der Waals surface area contributed by atoms with Crippen molar-refractivity contribution in [3.63, 3.8) is 0 Å². The van der Waals surface area contributed by atoms with Crippen LogP contribution in [0.3, 0.4) is 0 Å². The number of ether oxygens (including phenoxy) is 4. The Labute approximate surface area is 146 Å². The maximum absolute atomic E-state index is 12.7. The third-order valence-electron chi connectivity index (χ3n) is 3.63. The first-order chi connectivity index (χ1) is 12.0. The van der Waals surface area contributed by atoms with Crippen molar-refractivity contribution in [2.75, 3.05) is 32.2 Å². The van der Waals surface area contributed by atoms with E-state index in [2.05, 4.69) is 4.72 Å². The Morgan fingerprint density at radius 1 is 0.920 bits per heavy atom. The molecule has 2 aromatic rings. The number of nitrogens with one attached hydrogen (secondary N) is 1. The Morgan fingerprint density at radius 3 is 2.20 bits per heavy atom. The van der Waals surface area contributed by atoms with Crippen molar-refractivity contribution in [1.29, 1.82) is 0 Å². The van der Waals surface area contributed by atoms with E-state index < -0.39 is 10.0 Å². The number of rotatable bonds is 5. The van der Waals surface area contributed by atoms with Gasteiger partial charge in [0.25, 0.3) is 10.0 Å². The second kappa shape index (κ2) is 7.10. The lowest BCUT2D eigenvalue weighted by Crippen LogP contribution is -2.13. The fourth-order valence-electron chi connectivity index (χ4n) is 2.39. The first kappa shape index (κ1) is 17.2. The molecule has 1 heterocycles. The molecule has 0 spiro atoms. The Hall–Kier alpha value is -2.61. The molecule has 25 heavy (non-hydrogen) atoms. The molecule has 0 bridgehead atoms. The van der Waals surface area contributed by atoms with Gasteiger partial charge < -0.3 is 18.9 Å². The van der Waals surface area contributed by atoms with Gasteiger partial charge in [-0.3, -0.25) is 4.72 Å². The van der Waals surface area contributed by atoms with Crippen LogP contribution in [0.2, 0.25) is 0 Å². The van der Waals surface area contributed by atoms with Gasteiger partial charge in [0, 0.05) is 30.7 Å². The van der Waals surface area contributed by atoms with Crippen molar-refractivity contribution in [3.8, 4) is 23.0 Å². The summed E-state index contributed by atoms with van der Waals surface area (Å²) in [5.41, 5.74) is 0.336. The third kappa shape index (κ3) is 3.90. The molecular formula is C17H19NO6S. The number of anilines is 1. The summed E-state index contributed by atoms with van der Waals surface area (Å²) in [7, 11) is -0.812. The first-order valence-corrected chi connectivity index (χ1v) is 9.16. The maximum Gasteiger partial charge on any atom is 0.262 e. The average molecular weight is 365 g/mol. The molecule has 0 radical (unpaired) electrons. The van der Waals surface area contributed by atoms with E-state index in [1.54, 1.807) is 24.3 Å². The van der Waals surface area contributed by atoms with E-state index in [4.69, 9.17) is 18.9 Å². The first-order valence-electron chi connectivity index (χ1n) is 7.67.